The van der Waals surface area contributed by atoms with Crippen LogP contribution >= 0.6 is 30.0 Å². The normalized spacial score (nSPS) is 17.4. The van der Waals surface area contributed by atoms with E-state index in [2.05, 4.69) is 4.52 Å². The van der Waals surface area contributed by atoms with E-state index in [1.54, 1.807) is 0 Å². The van der Waals surface area contributed by atoms with Crippen LogP contribution in [0.25, 0.3) is 0 Å². The minimum absolute atomic E-state index is 0.419. The van der Waals surface area contributed by atoms with E-state index in [1.165, 1.54) is 36.4 Å². The second-order valence-corrected chi connectivity index (χ2v) is 5.58. The molecule has 0 rings (SSSR count). The largest absolute Gasteiger partial charge is 0.326 e. The van der Waals surface area contributed by atoms with E-state index < -0.39 is 10.9 Å². The molecule has 0 aromatic carbocycles. The van der Waals surface area contributed by atoms with Crippen molar-refractivity contribution in [1.29, 1.82) is 0 Å². The van der Waals surface area contributed by atoms with E-state index in [9.17, 15) is 9.36 Å². The van der Waals surface area contributed by atoms with E-state index >= 15 is 0 Å². The highest BCUT2D eigenvalue weighted by molar-refractivity contribution is 14.1. The lowest BCUT2D eigenvalue weighted by atomic mass is 11.8. The van der Waals surface area contributed by atoms with Crippen molar-refractivity contribution in [2.24, 2.45) is 0 Å². The SMILES string of the molecule is COP(C)(=O)C(=O)I. The Bertz CT molecular complexity index is 143. The zero-order chi connectivity index (χ0) is 6.78. The molecule has 0 aromatic heterocycles. The van der Waals surface area contributed by atoms with Crippen molar-refractivity contribution in [2.45, 2.75) is 0 Å². The van der Waals surface area contributed by atoms with E-state index in [0.29, 0.717) is 0 Å². The summed E-state index contributed by atoms with van der Waals surface area (Å²) in [5, 5.41) is 0. The van der Waals surface area contributed by atoms with E-state index in [-0.39, 0.29) is 0 Å². The summed E-state index contributed by atoms with van der Waals surface area (Å²) in [7, 11) is -1.64. The quantitative estimate of drug-likeness (QED) is 0.427. The molecule has 0 spiro atoms. The lowest BCUT2D eigenvalue weighted by Crippen LogP contribution is -1.86. The Morgan fingerprint density at radius 2 is 2.12 bits per heavy atom. The van der Waals surface area contributed by atoms with Crippen molar-refractivity contribution in [1.82, 2.24) is 0 Å². The van der Waals surface area contributed by atoms with Crippen LogP contribution in [0, 0.1) is 0 Å². The van der Waals surface area contributed by atoms with Gasteiger partial charge in [0.15, 0.2) is 0 Å². The standard InChI is InChI=1S/C3H6IO3P/c1-7-8(2,6)3(4)5/h1-2H3. The molecule has 0 N–H and O–H groups in total. The molecule has 0 aliphatic carbocycles. The van der Waals surface area contributed by atoms with Crippen molar-refractivity contribution < 1.29 is 13.9 Å². The fourth-order valence-electron chi connectivity index (χ4n) is 0.0718. The van der Waals surface area contributed by atoms with Gasteiger partial charge in [0.05, 0.1) is 0 Å². The summed E-state index contributed by atoms with van der Waals surface area (Å²) in [6.07, 6.45) is 0. The van der Waals surface area contributed by atoms with Gasteiger partial charge in [-0.05, 0) is 0 Å². The number of carbonyl (C=O) groups is 1. The highest BCUT2D eigenvalue weighted by Crippen LogP contribution is 2.45. The van der Waals surface area contributed by atoms with Crippen LogP contribution in [0.1, 0.15) is 0 Å². The summed E-state index contributed by atoms with van der Waals surface area (Å²) < 4.78 is 14.7. The van der Waals surface area contributed by atoms with Crippen LogP contribution in [0.3, 0.4) is 0 Å². The molecule has 48 valence electrons. The van der Waals surface area contributed by atoms with Crippen LogP contribution in [0.4, 0.5) is 4.79 Å². The van der Waals surface area contributed by atoms with E-state index in [4.69, 9.17) is 0 Å². The smallest absolute Gasteiger partial charge is 0.275 e. The van der Waals surface area contributed by atoms with Crippen molar-refractivity contribution in [3.8, 4) is 0 Å². The van der Waals surface area contributed by atoms with Crippen LogP contribution < -0.4 is 0 Å². The average Bonchev–Trinajstić information content (AvgIpc) is 1.67. The molecule has 1 unspecified atom stereocenters. The van der Waals surface area contributed by atoms with Gasteiger partial charge in [-0.1, -0.05) is 0 Å². The van der Waals surface area contributed by atoms with Crippen LogP contribution in [0.5, 0.6) is 0 Å². The van der Waals surface area contributed by atoms with Gasteiger partial charge in [-0.25, -0.2) is 0 Å². The predicted octanol–water partition coefficient (Wildman–Crippen LogP) is 2.10. The van der Waals surface area contributed by atoms with Gasteiger partial charge in [0.1, 0.15) is 0 Å². The molecule has 5 heteroatoms. The van der Waals surface area contributed by atoms with Gasteiger partial charge in [0, 0.05) is 36.4 Å². The van der Waals surface area contributed by atoms with E-state index in [1.807, 2.05) is 0 Å². The van der Waals surface area contributed by atoms with Gasteiger partial charge in [0.25, 0.3) is 10.9 Å². The van der Waals surface area contributed by atoms with Crippen molar-refractivity contribution >= 4 is 33.5 Å². The summed E-state index contributed by atoms with van der Waals surface area (Å²) in [6, 6.07) is 0. The first-order chi connectivity index (χ1) is 3.50. The fourth-order valence-corrected chi connectivity index (χ4v) is 0.806. The molecule has 0 bridgehead atoms. The molecule has 0 heterocycles. The highest BCUT2D eigenvalue weighted by Gasteiger charge is 2.21. The molecule has 0 saturated heterocycles. The second-order valence-electron chi connectivity index (χ2n) is 1.28. The number of hydrogen-bond acceptors (Lipinski definition) is 3. The molecule has 0 fully saturated rings. The van der Waals surface area contributed by atoms with Crippen LogP contribution in [-0.4, -0.2) is 17.3 Å². The van der Waals surface area contributed by atoms with Gasteiger partial charge in [-0.3, -0.25) is 9.36 Å². The van der Waals surface area contributed by atoms with Crippen molar-refractivity contribution in [3.63, 3.8) is 0 Å². The first kappa shape index (κ1) is 8.59. The average molecular weight is 248 g/mol. The van der Waals surface area contributed by atoms with E-state index in [0.717, 1.165) is 0 Å². The lowest BCUT2D eigenvalue weighted by molar-refractivity contribution is 0.272. The van der Waals surface area contributed by atoms with Gasteiger partial charge in [-0.15, -0.1) is 0 Å². The molecular weight excluding hydrogens is 242 g/mol. The Kier molecular flexibility index (Phi) is 3.16. The van der Waals surface area contributed by atoms with Crippen LogP contribution in [0.2, 0.25) is 0 Å². The summed E-state index contributed by atoms with van der Waals surface area (Å²) >= 11 is 1.46. The predicted molar refractivity (Wildman–Crippen MR) is 40.0 cm³/mol. The lowest BCUT2D eigenvalue weighted by Gasteiger charge is -2.01. The maximum Gasteiger partial charge on any atom is 0.275 e. The summed E-state index contributed by atoms with van der Waals surface area (Å²) in [6.45, 7) is 1.29. The summed E-state index contributed by atoms with van der Waals surface area (Å²) in [5.41, 5.74) is 0. The maximum atomic E-state index is 10.7. The zero-order valence-corrected chi connectivity index (χ0v) is 7.60. The molecule has 3 nitrogen and oxygen atoms in total. The molecule has 0 amide bonds. The minimum atomic E-state index is -2.90. The zero-order valence-electron chi connectivity index (χ0n) is 4.55. The van der Waals surface area contributed by atoms with Crippen LogP contribution in [0.15, 0.2) is 0 Å². The molecule has 1 atom stereocenters. The topological polar surface area (TPSA) is 43.4 Å². The number of carbonyl (C=O) groups excluding carboxylic acids is 1. The van der Waals surface area contributed by atoms with Gasteiger partial charge in [0.2, 0.25) is 0 Å². The third-order valence-corrected chi connectivity index (χ3v) is 4.63. The molecule has 0 aliphatic heterocycles. The Labute approximate surface area is 61.4 Å². The van der Waals surface area contributed by atoms with Gasteiger partial charge >= 0.3 is 0 Å². The molecule has 0 radical (unpaired) electrons. The number of hydrogen-bond donors (Lipinski definition) is 0. The first-order valence-corrected chi connectivity index (χ1v) is 4.99. The minimum Gasteiger partial charge on any atom is -0.326 e. The molecule has 0 aromatic rings. The van der Waals surface area contributed by atoms with Gasteiger partial charge in [-0.2, -0.15) is 0 Å². The van der Waals surface area contributed by atoms with Crippen LogP contribution in [-0.2, 0) is 9.09 Å². The monoisotopic (exact) mass is 248 g/mol. The van der Waals surface area contributed by atoms with Crippen molar-refractivity contribution in [2.75, 3.05) is 13.8 Å². The summed E-state index contributed by atoms with van der Waals surface area (Å²) in [5.74, 6) is 0. The number of halogens is 1. The molecule has 0 saturated carbocycles. The number of rotatable bonds is 2. The highest BCUT2D eigenvalue weighted by atomic mass is 127. The second kappa shape index (κ2) is 2.94. The molecule has 0 aliphatic rings. The summed E-state index contributed by atoms with van der Waals surface area (Å²) in [4.78, 5) is 10.3. The molecule has 8 heavy (non-hydrogen) atoms. The Morgan fingerprint density at radius 1 is 1.75 bits per heavy atom. The van der Waals surface area contributed by atoms with Crippen molar-refractivity contribution in [3.05, 3.63) is 0 Å². The molecular formula is C3H6IO3P. The third kappa shape index (κ3) is 2.24. The first-order valence-electron chi connectivity index (χ1n) is 1.84. The maximum absolute atomic E-state index is 10.7. The Hall–Kier alpha value is 0.590. The fraction of sp³-hybridized carbons (Fsp3) is 0.667. The van der Waals surface area contributed by atoms with Gasteiger partial charge < -0.3 is 4.52 Å². The third-order valence-electron chi connectivity index (χ3n) is 0.668. The Morgan fingerprint density at radius 3 is 2.12 bits per heavy atom. The Balaban J connectivity index is 4.15.